The van der Waals surface area contributed by atoms with Crippen molar-refractivity contribution in [1.82, 2.24) is 24.3 Å². The zero-order valence-corrected chi connectivity index (χ0v) is 19.6. The van der Waals surface area contributed by atoms with Gasteiger partial charge in [0.15, 0.2) is 5.65 Å². The average molecular weight is 511 g/mol. The molecule has 4 aromatic heterocycles. The molecule has 0 saturated carbocycles. The first-order valence-corrected chi connectivity index (χ1v) is 11.9. The summed E-state index contributed by atoms with van der Waals surface area (Å²) < 4.78 is 43.0. The molecule has 0 unspecified atom stereocenters. The minimum atomic E-state index is -2.91. The highest BCUT2D eigenvalue weighted by atomic mass is 32.1. The summed E-state index contributed by atoms with van der Waals surface area (Å²) in [4.78, 5) is 37.2. The number of carbonyl (C=O) groups is 1. The maximum atomic E-state index is 13.8. The van der Waals surface area contributed by atoms with E-state index >= 15 is 0 Å². The molecular formula is C24H17F3N6O2S. The van der Waals surface area contributed by atoms with Crippen LogP contribution in [0.3, 0.4) is 0 Å². The molecule has 0 fully saturated rings. The first kappa shape index (κ1) is 22.4. The summed E-state index contributed by atoms with van der Waals surface area (Å²) in [5.74, 6) is -0.960. The van der Waals surface area contributed by atoms with Crippen molar-refractivity contribution in [3.8, 4) is 11.3 Å². The van der Waals surface area contributed by atoms with Gasteiger partial charge in [0.05, 0.1) is 17.3 Å². The topological polar surface area (TPSA) is 94.2 Å². The molecule has 1 aliphatic rings. The third-order valence-corrected chi connectivity index (χ3v) is 7.41. The minimum absolute atomic E-state index is 0.109. The number of alkyl halides is 2. The first-order valence-electron chi connectivity index (χ1n) is 11.1. The molecule has 0 bridgehead atoms. The number of rotatable bonds is 4. The average Bonchev–Trinajstić information content (AvgIpc) is 3.55. The Morgan fingerprint density at radius 1 is 1.17 bits per heavy atom. The number of hydrogen-bond donors (Lipinski definition) is 1. The molecule has 6 rings (SSSR count). The van der Waals surface area contributed by atoms with E-state index < -0.39 is 29.4 Å². The Hall–Kier alpha value is -4.06. The molecule has 0 spiro atoms. The van der Waals surface area contributed by atoms with Crippen LogP contribution in [0, 0.1) is 12.7 Å². The fraction of sp³-hybridized carbons (Fsp3) is 0.208. The second-order valence-corrected chi connectivity index (χ2v) is 9.53. The molecule has 0 atom stereocenters. The van der Waals surface area contributed by atoms with E-state index in [0.717, 1.165) is 51.2 Å². The van der Waals surface area contributed by atoms with Gasteiger partial charge in [-0.1, -0.05) is 0 Å². The molecular weight excluding hydrogens is 493 g/mol. The molecule has 4 heterocycles. The van der Waals surface area contributed by atoms with Crippen LogP contribution in [0.4, 0.5) is 13.2 Å². The number of carbonyl (C=O) groups excluding carboxylic acids is 1. The van der Waals surface area contributed by atoms with Crippen molar-refractivity contribution in [1.29, 1.82) is 0 Å². The van der Waals surface area contributed by atoms with Gasteiger partial charge in [0.1, 0.15) is 27.7 Å². The van der Waals surface area contributed by atoms with E-state index in [-0.39, 0.29) is 22.7 Å². The van der Waals surface area contributed by atoms with Crippen LogP contribution in [-0.2, 0) is 12.8 Å². The molecule has 1 amide bonds. The van der Waals surface area contributed by atoms with Crippen molar-refractivity contribution in [2.75, 3.05) is 5.43 Å². The summed E-state index contributed by atoms with van der Waals surface area (Å²) in [6.07, 6.45) is 0.852. The maximum absolute atomic E-state index is 13.8. The van der Waals surface area contributed by atoms with Crippen molar-refractivity contribution in [3.05, 3.63) is 80.2 Å². The van der Waals surface area contributed by atoms with Gasteiger partial charge in [-0.05, 0) is 62.1 Å². The predicted molar refractivity (Wildman–Crippen MR) is 128 cm³/mol. The molecule has 8 nitrogen and oxygen atoms in total. The van der Waals surface area contributed by atoms with Crippen LogP contribution >= 0.6 is 11.3 Å². The molecule has 5 aromatic rings. The van der Waals surface area contributed by atoms with Gasteiger partial charge in [0.25, 0.3) is 17.9 Å². The number of hydrogen-bond acceptors (Lipinski definition) is 6. The summed E-state index contributed by atoms with van der Waals surface area (Å²) in [5, 5.41) is 4.43. The van der Waals surface area contributed by atoms with Crippen LogP contribution in [0.1, 0.15) is 45.2 Å². The van der Waals surface area contributed by atoms with E-state index in [2.05, 4.69) is 20.5 Å². The summed E-state index contributed by atoms with van der Waals surface area (Å²) in [5.41, 5.74) is 2.91. The normalized spacial score (nSPS) is 13.1. The van der Waals surface area contributed by atoms with Crippen LogP contribution < -0.4 is 11.0 Å². The number of fused-ring (bicyclic) bond motifs is 4. The third kappa shape index (κ3) is 3.48. The van der Waals surface area contributed by atoms with Gasteiger partial charge >= 0.3 is 0 Å². The van der Waals surface area contributed by atoms with Crippen LogP contribution in [0.5, 0.6) is 0 Å². The SMILES string of the molecule is Cc1nc2sc3c(c2c(=O)n1NC(=O)c1cnn2c(C(F)F)cc(-c4ccc(F)cc4)nc12)CCC3. The minimum Gasteiger partial charge on any atom is -0.267 e. The van der Waals surface area contributed by atoms with Crippen LogP contribution in [0.15, 0.2) is 41.3 Å². The zero-order chi connectivity index (χ0) is 25.1. The standard InChI is InChI=1S/C24H17F3N6O2S/c1-11-29-23-19(14-3-2-4-18(14)36-23)24(35)32(11)31-22(34)15-10-28-33-17(20(26)27)9-16(30-21(15)33)12-5-7-13(25)8-6-12/h5-10,20H,2-4H2,1H3,(H,31,34). The quantitative estimate of drug-likeness (QED) is 0.386. The molecule has 1 aromatic carbocycles. The van der Waals surface area contributed by atoms with E-state index in [0.29, 0.717) is 15.8 Å². The van der Waals surface area contributed by atoms with Crippen molar-refractivity contribution < 1.29 is 18.0 Å². The number of amides is 1. The Bertz CT molecular complexity index is 1740. The summed E-state index contributed by atoms with van der Waals surface area (Å²) in [6.45, 7) is 1.60. The fourth-order valence-electron chi connectivity index (χ4n) is 4.51. The summed E-state index contributed by atoms with van der Waals surface area (Å²) >= 11 is 1.49. The second kappa shape index (κ2) is 8.26. The molecule has 0 saturated heterocycles. The number of aryl methyl sites for hydroxylation is 3. The van der Waals surface area contributed by atoms with Gasteiger partial charge in [0.2, 0.25) is 0 Å². The Labute approximate surface area is 205 Å². The van der Waals surface area contributed by atoms with Gasteiger partial charge < -0.3 is 0 Å². The predicted octanol–water partition coefficient (Wildman–Crippen LogP) is 4.43. The largest absolute Gasteiger partial charge is 0.281 e. The highest BCUT2D eigenvalue weighted by Crippen LogP contribution is 2.34. The highest BCUT2D eigenvalue weighted by Gasteiger charge is 2.25. The Morgan fingerprint density at radius 3 is 2.69 bits per heavy atom. The van der Waals surface area contributed by atoms with Gasteiger partial charge in [-0.15, -0.1) is 11.3 Å². The number of aromatic nitrogens is 5. The fourth-order valence-corrected chi connectivity index (χ4v) is 5.81. The molecule has 0 aliphatic heterocycles. The van der Waals surface area contributed by atoms with Crippen LogP contribution in [0.2, 0.25) is 0 Å². The summed E-state index contributed by atoms with van der Waals surface area (Å²) in [7, 11) is 0. The molecule has 12 heteroatoms. The highest BCUT2D eigenvalue weighted by molar-refractivity contribution is 7.18. The lowest BCUT2D eigenvalue weighted by atomic mass is 10.1. The maximum Gasteiger partial charge on any atom is 0.281 e. The molecule has 182 valence electrons. The lowest BCUT2D eigenvalue weighted by Gasteiger charge is -2.11. The Balaban J connectivity index is 1.45. The number of thiophene rings is 1. The van der Waals surface area contributed by atoms with E-state index in [1.807, 2.05) is 0 Å². The van der Waals surface area contributed by atoms with Crippen molar-refractivity contribution in [3.63, 3.8) is 0 Å². The van der Waals surface area contributed by atoms with E-state index in [1.54, 1.807) is 6.92 Å². The van der Waals surface area contributed by atoms with Gasteiger partial charge in [0, 0.05) is 10.4 Å². The number of benzene rings is 1. The van der Waals surface area contributed by atoms with Crippen molar-refractivity contribution in [2.24, 2.45) is 0 Å². The van der Waals surface area contributed by atoms with Gasteiger partial charge in [-0.2, -0.15) is 5.10 Å². The van der Waals surface area contributed by atoms with Crippen molar-refractivity contribution in [2.45, 2.75) is 32.6 Å². The third-order valence-electron chi connectivity index (χ3n) is 6.23. The molecule has 1 aliphatic carbocycles. The van der Waals surface area contributed by atoms with Crippen LogP contribution in [-0.4, -0.2) is 30.2 Å². The van der Waals surface area contributed by atoms with Gasteiger partial charge in [-0.3, -0.25) is 15.0 Å². The van der Waals surface area contributed by atoms with E-state index in [4.69, 9.17) is 0 Å². The Kier molecular flexibility index (Phi) is 5.14. The smallest absolute Gasteiger partial charge is 0.267 e. The number of halogens is 3. The summed E-state index contributed by atoms with van der Waals surface area (Å²) in [6, 6.07) is 6.33. The van der Waals surface area contributed by atoms with E-state index in [9.17, 15) is 22.8 Å². The Morgan fingerprint density at radius 2 is 1.94 bits per heavy atom. The second-order valence-electron chi connectivity index (χ2n) is 8.45. The molecule has 0 radical (unpaired) electrons. The van der Waals surface area contributed by atoms with Gasteiger partial charge in [-0.25, -0.2) is 32.3 Å². The lowest BCUT2D eigenvalue weighted by Crippen LogP contribution is -2.35. The zero-order valence-electron chi connectivity index (χ0n) is 18.8. The first-order chi connectivity index (χ1) is 17.3. The number of nitrogens with zero attached hydrogens (tertiary/aromatic N) is 5. The lowest BCUT2D eigenvalue weighted by molar-refractivity contribution is 0.101. The molecule has 1 N–H and O–H groups in total. The van der Waals surface area contributed by atoms with E-state index in [1.165, 1.54) is 35.6 Å². The monoisotopic (exact) mass is 510 g/mol. The number of nitrogens with one attached hydrogen (secondary N) is 1. The van der Waals surface area contributed by atoms with Crippen molar-refractivity contribution >= 4 is 33.1 Å². The van der Waals surface area contributed by atoms with Crippen LogP contribution in [0.25, 0.3) is 27.1 Å². The molecule has 36 heavy (non-hydrogen) atoms.